The van der Waals surface area contributed by atoms with Crippen molar-refractivity contribution in [1.82, 2.24) is 10.6 Å². The molecule has 2 amide bonds. The van der Waals surface area contributed by atoms with Gasteiger partial charge in [0.15, 0.2) is 0 Å². The van der Waals surface area contributed by atoms with Crippen LogP contribution in [0.5, 0.6) is 0 Å². The van der Waals surface area contributed by atoms with E-state index in [4.69, 9.17) is 5.11 Å². The van der Waals surface area contributed by atoms with Gasteiger partial charge >= 0.3 is 0 Å². The average molecular weight is 389 g/mol. The number of hydrogen-bond donors (Lipinski definition) is 3. The number of carbonyl (C=O) groups excluding carboxylic acids is 2. The molecule has 6 heteroatoms. The molecule has 2 aromatic carbocycles. The van der Waals surface area contributed by atoms with Crippen LogP contribution in [-0.2, 0) is 4.79 Å². The van der Waals surface area contributed by atoms with Crippen molar-refractivity contribution in [2.75, 3.05) is 13.2 Å². The number of benzene rings is 2. The number of hydrogen-bond acceptors (Lipinski definition) is 3. The van der Waals surface area contributed by atoms with E-state index in [1.807, 2.05) is 36.4 Å². The number of aliphatic hydroxyl groups is 1. The average Bonchev–Trinajstić information content (AvgIpc) is 2.60. The summed E-state index contributed by atoms with van der Waals surface area (Å²) in [4.78, 5) is 24.6. The van der Waals surface area contributed by atoms with Gasteiger partial charge in [-0.05, 0) is 29.8 Å². The van der Waals surface area contributed by atoms with Crippen molar-refractivity contribution in [1.29, 1.82) is 0 Å². The second-order valence-electron chi connectivity index (χ2n) is 4.91. The summed E-state index contributed by atoms with van der Waals surface area (Å²) in [5.41, 5.74) is 1.32. The van der Waals surface area contributed by atoms with E-state index in [2.05, 4.69) is 26.6 Å². The first-order valence-corrected chi connectivity index (χ1v) is 8.12. The molecule has 3 N–H and O–H groups in total. The molecule has 0 heterocycles. The molecule has 0 unspecified atom stereocenters. The van der Waals surface area contributed by atoms with Gasteiger partial charge in [-0.2, -0.15) is 0 Å². The molecule has 0 saturated carbocycles. The van der Waals surface area contributed by atoms with E-state index in [0.717, 1.165) is 10.0 Å². The van der Waals surface area contributed by atoms with Crippen LogP contribution in [0, 0.1) is 0 Å². The Bertz CT molecular complexity index is 745. The molecule has 0 aliphatic heterocycles. The van der Waals surface area contributed by atoms with Crippen molar-refractivity contribution < 1.29 is 14.7 Å². The summed E-state index contributed by atoms with van der Waals surface area (Å²) in [5, 5.41) is 14.0. The van der Waals surface area contributed by atoms with E-state index < -0.39 is 11.8 Å². The lowest BCUT2D eigenvalue weighted by molar-refractivity contribution is -0.117. The normalized spacial score (nSPS) is 11.0. The van der Waals surface area contributed by atoms with E-state index >= 15 is 0 Å². The first-order valence-electron chi connectivity index (χ1n) is 7.33. The summed E-state index contributed by atoms with van der Waals surface area (Å²) in [5.74, 6) is -0.853. The Hall–Kier alpha value is -2.44. The molecule has 124 valence electrons. The Morgan fingerprint density at radius 1 is 1.08 bits per heavy atom. The third-order valence-corrected chi connectivity index (χ3v) is 3.58. The highest BCUT2D eigenvalue weighted by Crippen LogP contribution is 2.12. The standard InChI is InChI=1S/C18H17BrN2O3/c19-15-8-4-7-14(12-15)17(23)21-16(18(24)20-9-10-22)11-13-5-2-1-3-6-13/h1-8,11-12,22H,9-10H2,(H,20,24)(H,21,23). The summed E-state index contributed by atoms with van der Waals surface area (Å²) in [6, 6.07) is 16.1. The smallest absolute Gasteiger partial charge is 0.267 e. The highest BCUT2D eigenvalue weighted by Gasteiger charge is 2.14. The first kappa shape index (κ1) is 17.9. The SMILES string of the molecule is O=C(NCCO)C(=Cc1ccccc1)NC(=O)c1cccc(Br)c1. The predicted octanol–water partition coefficient (Wildman–Crippen LogP) is 2.33. The third-order valence-electron chi connectivity index (χ3n) is 3.09. The highest BCUT2D eigenvalue weighted by atomic mass is 79.9. The van der Waals surface area contributed by atoms with Gasteiger partial charge in [-0.15, -0.1) is 0 Å². The van der Waals surface area contributed by atoms with E-state index in [-0.39, 0.29) is 18.8 Å². The van der Waals surface area contributed by atoms with Gasteiger partial charge in [-0.1, -0.05) is 52.3 Å². The number of aliphatic hydroxyl groups excluding tert-OH is 1. The number of nitrogens with one attached hydrogen (secondary N) is 2. The molecule has 0 atom stereocenters. The molecule has 0 aliphatic carbocycles. The van der Waals surface area contributed by atoms with E-state index in [0.29, 0.717) is 5.56 Å². The Labute approximate surface area is 148 Å². The van der Waals surface area contributed by atoms with Crippen molar-refractivity contribution in [3.63, 3.8) is 0 Å². The summed E-state index contributed by atoms with van der Waals surface area (Å²) in [7, 11) is 0. The highest BCUT2D eigenvalue weighted by molar-refractivity contribution is 9.10. The van der Waals surface area contributed by atoms with E-state index in [9.17, 15) is 9.59 Å². The lowest BCUT2D eigenvalue weighted by atomic mass is 10.1. The molecular weight excluding hydrogens is 372 g/mol. The maximum Gasteiger partial charge on any atom is 0.267 e. The van der Waals surface area contributed by atoms with Gasteiger partial charge in [-0.25, -0.2) is 0 Å². The van der Waals surface area contributed by atoms with Crippen LogP contribution in [0.4, 0.5) is 0 Å². The molecule has 2 rings (SSSR count). The van der Waals surface area contributed by atoms with Crippen LogP contribution in [0.3, 0.4) is 0 Å². The van der Waals surface area contributed by atoms with Crippen molar-refractivity contribution in [2.45, 2.75) is 0 Å². The van der Waals surface area contributed by atoms with Crippen molar-refractivity contribution in [3.05, 3.63) is 75.9 Å². The number of halogens is 1. The molecular formula is C18H17BrN2O3. The first-order chi connectivity index (χ1) is 11.6. The number of amides is 2. The zero-order valence-corrected chi connectivity index (χ0v) is 14.4. The minimum Gasteiger partial charge on any atom is -0.395 e. The Morgan fingerprint density at radius 3 is 2.50 bits per heavy atom. The molecule has 24 heavy (non-hydrogen) atoms. The van der Waals surface area contributed by atoms with Crippen LogP contribution >= 0.6 is 15.9 Å². The van der Waals surface area contributed by atoms with Gasteiger partial charge in [-0.3, -0.25) is 9.59 Å². The minimum atomic E-state index is -0.462. The third kappa shape index (κ3) is 5.33. The van der Waals surface area contributed by atoms with Gasteiger partial charge in [0.25, 0.3) is 11.8 Å². The summed E-state index contributed by atoms with van der Waals surface area (Å²) >= 11 is 3.31. The van der Waals surface area contributed by atoms with Crippen LogP contribution < -0.4 is 10.6 Å². The number of rotatable bonds is 6. The quantitative estimate of drug-likeness (QED) is 0.664. The molecule has 0 saturated heterocycles. The summed E-state index contributed by atoms with van der Waals surface area (Å²) in [6.45, 7) is -0.0678. The fourth-order valence-electron chi connectivity index (χ4n) is 1.96. The summed E-state index contributed by atoms with van der Waals surface area (Å²) in [6.07, 6.45) is 1.59. The van der Waals surface area contributed by atoms with Crippen LogP contribution in [0.2, 0.25) is 0 Å². The molecule has 5 nitrogen and oxygen atoms in total. The fraction of sp³-hybridized carbons (Fsp3) is 0.111. The van der Waals surface area contributed by atoms with Crippen LogP contribution in [0.1, 0.15) is 15.9 Å². The number of carbonyl (C=O) groups is 2. The lowest BCUT2D eigenvalue weighted by Gasteiger charge is -2.11. The van der Waals surface area contributed by atoms with Crippen LogP contribution in [0.15, 0.2) is 64.8 Å². The van der Waals surface area contributed by atoms with E-state index in [1.165, 1.54) is 0 Å². The molecule has 0 radical (unpaired) electrons. The predicted molar refractivity (Wildman–Crippen MR) is 96.1 cm³/mol. The van der Waals surface area contributed by atoms with Crippen molar-refractivity contribution in [3.8, 4) is 0 Å². The van der Waals surface area contributed by atoms with Crippen molar-refractivity contribution >= 4 is 33.8 Å². The summed E-state index contributed by atoms with van der Waals surface area (Å²) < 4.78 is 0.772. The largest absolute Gasteiger partial charge is 0.395 e. The fourth-order valence-corrected chi connectivity index (χ4v) is 2.36. The van der Waals surface area contributed by atoms with Gasteiger partial charge in [0.05, 0.1) is 6.61 Å². The molecule has 0 spiro atoms. The maximum atomic E-state index is 12.4. The Morgan fingerprint density at radius 2 is 1.83 bits per heavy atom. The lowest BCUT2D eigenvalue weighted by Crippen LogP contribution is -2.36. The maximum absolute atomic E-state index is 12.4. The molecule has 0 fully saturated rings. The van der Waals surface area contributed by atoms with Crippen LogP contribution in [-0.4, -0.2) is 30.1 Å². The molecule has 0 aliphatic rings. The Kier molecular flexibility index (Phi) is 6.72. The van der Waals surface area contributed by atoms with Gasteiger partial charge in [0, 0.05) is 16.6 Å². The van der Waals surface area contributed by atoms with Crippen LogP contribution in [0.25, 0.3) is 6.08 Å². The zero-order chi connectivity index (χ0) is 17.4. The second kappa shape index (κ2) is 9.00. The second-order valence-corrected chi connectivity index (χ2v) is 5.83. The zero-order valence-electron chi connectivity index (χ0n) is 12.8. The minimum absolute atomic E-state index is 0.109. The topological polar surface area (TPSA) is 78.4 Å². The van der Waals surface area contributed by atoms with Gasteiger partial charge < -0.3 is 15.7 Å². The molecule has 0 bridgehead atoms. The molecule has 0 aromatic heterocycles. The Balaban J connectivity index is 2.24. The monoisotopic (exact) mass is 388 g/mol. The van der Waals surface area contributed by atoms with Crippen molar-refractivity contribution in [2.24, 2.45) is 0 Å². The molecule has 2 aromatic rings. The van der Waals surface area contributed by atoms with E-state index in [1.54, 1.807) is 24.3 Å². The van der Waals surface area contributed by atoms with Gasteiger partial charge in [0.2, 0.25) is 0 Å². The van der Waals surface area contributed by atoms with Gasteiger partial charge in [0.1, 0.15) is 5.70 Å².